The predicted molar refractivity (Wildman–Crippen MR) is 89.3 cm³/mol. The maximum absolute atomic E-state index is 11.5. The average Bonchev–Trinajstić information content (AvgIpc) is 2.47. The van der Waals surface area contributed by atoms with Gasteiger partial charge in [-0.3, -0.25) is 0 Å². The van der Waals surface area contributed by atoms with Gasteiger partial charge in [-0.05, 0) is 61.5 Å². The molecule has 2 rings (SSSR count). The SMILES string of the molecule is COC(=O)c1ccc(CCCc2cc(C)nc(Cl)n2)c(Br)c1. The first-order valence-corrected chi connectivity index (χ1v) is 8.03. The highest BCUT2D eigenvalue weighted by atomic mass is 79.9. The molecule has 0 N–H and O–H groups in total. The van der Waals surface area contributed by atoms with Crippen LogP contribution in [0.3, 0.4) is 0 Å². The summed E-state index contributed by atoms with van der Waals surface area (Å²) < 4.78 is 5.62. The Morgan fingerprint density at radius 1 is 1.27 bits per heavy atom. The van der Waals surface area contributed by atoms with Crippen molar-refractivity contribution in [3.05, 3.63) is 56.5 Å². The Kier molecular flexibility index (Phi) is 5.91. The summed E-state index contributed by atoms with van der Waals surface area (Å²) in [4.78, 5) is 19.7. The number of carbonyl (C=O) groups is 1. The largest absolute Gasteiger partial charge is 0.465 e. The summed E-state index contributed by atoms with van der Waals surface area (Å²) in [6.45, 7) is 1.90. The molecule has 0 aliphatic heterocycles. The van der Waals surface area contributed by atoms with Crippen molar-refractivity contribution in [3.8, 4) is 0 Å². The molecule has 0 spiro atoms. The molecule has 0 fully saturated rings. The molecule has 0 aliphatic rings. The Labute approximate surface area is 143 Å². The maximum Gasteiger partial charge on any atom is 0.337 e. The first-order chi connectivity index (χ1) is 10.5. The fraction of sp³-hybridized carbons (Fsp3) is 0.312. The second-order valence-electron chi connectivity index (χ2n) is 4.92. The number of benzene rings is 1. The van der Waals surface area contributed by atoms with E-state index < -0.39 is 0 Å². The second kappa shape index (κ2) is 7.70. The van der Waals surface area contributed by atoms with Gasteiger partial charge in [-0.25, -0.2) is 14.8 Å². The van der Waals surface area contributed by atoms with Crippen molar-refractivity contribution in [2.75, 3.05) is 7.11 Å². The van der Waals surface area contributed by atoms with Crippen molar-refractivity contribution in [2.24, 2.45) is 0 Å². The Balaban J connectivity index is 1.98. The van der Waals surface area contributed by atoms with E-state index in [1.807, 2.05) is 19.1 Å². The number of aryl methyl sites for hydroxylation is 3. The van der Waals surface area contributed by atoms with Crippen LogP contribution in [0.4, 0.5) is 0 Å². The van der Waals surface area contributed by atoms with Crippen LogP contribution in [-0.4, -0.2) is 23.0 Å². The van der Waals surface area contributed by atoms with Crippen LogP contribution in [0, 0.1) is 6.92 Å². The minimum absolute atomic E-state index is 0.290. The molecule has 0 atom stereocenters. The smallest absolute Gasteiger partial charge is 0.337 e. The van der Waals surface area contributed by atoms with Crippen LogP contribution >= 0.6 is 27.5 Å². The van der Waals surface area contributed by atoms with Crippen molar-refractivity contribution in [2.45, 2.75) is 26.2 Å². The molecule has 0 unspecified atom stereocenters. The minimum Gasteiger partial charge on any atom is -0.465 e. The van der Waals surface area contributed by atoms with Crippen molar-refractivity contribution < 1.29 is 9.53 Å². The molecule has 0 saturated carbocycles. The van der Waals surface area contributed by atoms with Gasteiger partial charge in [0.2, 0.25) is 5.28 Å². The molecule has 0 saturated heterocycles. The summed E-state index contributed by atoms with van der Waals surface area (Å²) in [6.07, 6.45) is 2.64. The lowest BCUT2D eigenvalue weighted by Crippen LogP contribution is -2.02. The zero-order chi connectivity index (χ0) is 16.1. The second-order valence-corrected chi connectivity index (χ2v) is 6.11. The topological polar surface area (TPSA) is 52.1 Å². The van der Waals surface area contributed by atoms with Gasteiger partial charge >= 0.3 is 5.97 Å². The summed E-state index contributed by atoms with van der Waals surface area (Å²) >= 11 is 9.36. The first kappa shape index (κ1) is 16.9. The summed E-state index contributed by atoms with van der Waals surface area (Å²) in [5, 5.41) is 0.290. The van der Waals surface area contributed by atoms with Gasteiger partial charge in [-0.1, -0.05) is 22.0 Å². The van der Waals surface area contributed by atoms with Crippen molar-refractivity contribution >= 4 is 33.5 Å². The Morgan fingerprint density at radius 2 is 2.05 bits per heavy atom. The molecule has 2 aromatic rings. The van der Waals surface area contributed by atoms with E-state index in [-0.39, 0.29) is 5.97 Å². The van der Waals surface area contributed by atoms with Gasteiger partial charge in [0.1, 0.15) is 0 Å². The third-order valence-electron chi connectivity index (χ3n) is 3.23. The monoisotopic (exact) mass is 382 g/mol. The Morgan fingerprint density at radius 3 is 2.68 bits per heavy atom. The van der Waals surface area contributed by atoms with E-state index in [1.165, 1.54) is 7.11 Å². The highest BCUT2D eigenvalue weighted by Gasteiger charge is 2.08. The number of hydrogen-bond acceptors (Lipinski definition) is 4. The fourth-order valence-electron chi connectivity index (χ4n) is 2.18. The molecule has 6 heteroatoms. The molecular formula is C16H16BrClN2O2. The fourth-order valence-corrected chi connectivity index (χ4v) is 3.00. The predicted octanol–water partition coefficient (Wildman–Crippen LogP) is 4.16. The van der Waals surface area contributed by atoms with Gasteiger partial charge in [-0.15, -0.1) is 0 Å². The third-order valence-corrected chi connectivity index (χ3v) is 4.14. The van der Waals surface area contributed by atoms with Gasteiger partial charge in [0.05, 0.1) is 12.7 Å². The van der Waals surface area contributed by atoms with Gasteiger partial charge < -0.3 is 4.74 Å². The summed E-state index contributed by atoms with van der Waals surface area (Å²) in [5.74, 6) is -0.335. The van der Waals surface area contributed by atoms with Crippen LogP contribution < -0.4 is 0 Å². The van der Waals surface area contributed by atoms with Crippen molar-refractivity contribution in [3.63, 3.8) is 0 Å². The highest BCUT2D eigenvalue weighted by molar-refractivity contribution is 9.10. The Hall–Kier alpha value is -1.46. The van der Waals surface area contributed by atoms with Crippen LogP contribution in [0.15, 0.2) is 28.7 Å². The summed E-state index contributed by atoms with van der Waals surface area (Å²) in [6, 6.07) is 7.44. The molecule has 1 aromatic heterocycles. The molecule has 0 radical (unpaired) electrons. The van der Waals surface area contributed by atoms with Crippen molar-refractivity contribution in [1.29, 1.82) is 0 Å². The van der Waals surface area contributed by atoms with E-state index in [0.717, 1.165) is 40.7 Å². The minimum atomic E-state index is -0.335. The van der Waals surface area contributed by atoms with Gasteiger partial charge in [0.15, 0.2) is 0 Å². The zero-order valence-electron chi connectivity index (χ0n) is 12.4. The molecular weight excluding hydrogens is 368 g/mol. The number of esters is 1. The lowest BCUT2D eigenvalue weighted by Gasteiger charge is -2.07. The quantitative estimate of drug-likeness (QED) is 0.574. The van der Waals surface area contributed by atoms with Crippen LogP contribution in [0.2, 0.25) is 5.28 Å². The van der Waals surface area contributed by atoms with E-state index >= 15 is 0 Å². The molecule has 0 amide bonds. The number of methoxy groups -OCH3 is 1. The number of hydrogen-bond donors (Lipinski definition) is 0. The third kappa shape index (κ3) is 4.52. The van der Waals surface area contributed by atoms with Gasteiger partial charge in [0, 0.05) is 15.9 Å². The van der Waals surface area contributed by atoms with E-state index in [1.54, 1.807) is 12.1 Å². The number of halogens is 2. The molecule has 22 heavy (non-hydrogen) atoms. The highest BCUT2D eigenvalue weighted by Crippen LogP contribution is 2.21. The summed E-state index contributed by atoms with van der Waals surface area (Å²) in [7, 11) is 1.37. The van der Waals surface area contributed by atoms with E-state index in [4.69, 9.17) is 16.3 Å². The van der Waals surface area contributed by atoms with E-state index in [9.17, 15) is 4.79 Å². The number of rotatable bonds is 5. The lowest BCUT2D eigenvalue weighted by molar-refractivity contribution is 0.0600. The molecule has 0 bridgehead atoms. The van der Waals surface area contributed by atoms with Crippen LogP contribution in [0.25, 0.3) is 0 Å². The lowest BCUT2D eigenvalue weighted by atomic mass is 10.0. The van der Waals surface area contributed by atoms with Gasteiger partial charge in [-0.2, -0.15) is 0 Å². The van der Waals surface area contributed by atoms with Gasteiger partial charge in [0.25, 0.3) is 0 Å². The molecule has 0 aliphatic carbocycles. The number of nitrogens with zero attached hydrogens (tertiary/aromatic N) is 2. The molecule has 1 heterocycles. The first-order valence-electron chi connectivity index (χ1n) is 6.86. The molecule has 1 aromatic carbocycles. The number of aromatic nitrogens is 2. The Bertz CT molecular complexity index is 672. The molecule has 116 valence electrons. The normalized spacial score (nSPS) is 10.5. The summed E-state index contributed by atoms with van der Waals surface area (Å²) in [5.41, 5.74) is 3.50. The van der Waals surface area contributed by atoms with E-state index in [0.29, 0.717) is 10.8 Å². The van der Waals surface area contributed by atoms with Crippen LogP contribution in [0.1, 0.15) is 33.7 Å². The standard InChI is InChI=1S/C16H16BrClN2O2/c1-10-8-13(20-16(18)19-10)5-3-4-11-6-7-12(9-14(11)17)15(21)22-2/h6-9H,3-5H2,1-2H3. The van der Waals surface area contributed by atoms with Crippen molar-refractivity contribution in [1.82, 2.24) is 9.97 Å². The van der Waals surface area contributed by atoms with Crippen LogP contribution in [0.5, 0.6) is 0 Å². The number of ether oxygens (including phenoxy) is 1. The zero-order valence-corrected chi connectivity index (χ0v) is 14.7. The number of carbonyl (C=O) groups excluding carboxylic acids is 1. The maximum atomic E-state index is 11.5. The van der Waals surface area contributed by atoms with E-state index in [2.05, 4.69) is 25.9 Å². The average molecular weight is 384 g/mol. The van der Waals surface area contributed by atoms with Crippen LogP contribution in [-0.2, 0) is 17.6 Å². The molecule has 4 nitrogen and oxygen atoms in total.